The SMILES string of the molecule is CN1CCN(C(=O)c2ccc(-c3cn4c(-c5ccc(C#N)c(C=O)c5)cnc4cn3)cc2)CC1. The van der Waals surface area contributed by atoms with Crippen LogP contribution in [0.1, 0.15) is 26.3 Å². The van der Waals surface area contributed by atoms with E-state index in [1.165, 1.54) is 0 Å². The Labute approximate surface area is 196 Å². The Morgan fingerprint density at radius 2 is 1.74 bits per heavy atom. The Morgan fingerprint density at radius 3 is 2.44 bits per heavy atom. The van der Waals surface area contributed by atoms with Gasteiger partial charge in [0.1, 0.15) is 0 Å². The van der Waals surface area contributed by atoms with E-state index in [-0.39, 0.29) is 5.91 Å². The van der Waals surface area contributed by atoms with Gasteiger partial charge in [0.15, 0.2) is 11.9 Å². The number of hydrogen-bond acceptors (Lipinski definition) is 6. The lowest BCUT2D eigenvalue weighted by Gasteiger charge is -2.32. The fourth-order valence-electron chi connectivity index (χ4n) is 4.15. The van der Waals surface area contributed by atoms with Gasteiger partial charge in [-0.25, -0.2) is 4.98 Å². The highest BCUT2D eigenvalue weighted by atomic mass is 16.2. The van der Waals surface area contributed by atoms with Gasteiger partial charge in [0.2, 0.25) is 0 Å². The fourth-order valence-corrected chi connectivity index (χ4v) is 4.15. The van der Waals surface area contributed by atoms with E-state index in [1.54, 1.807) is 30.6 Å². The molecule has 1 aliphatic rings. The third-order valence-corrected chi connectivity index (χ3v) is 6.21. The van der Waals surface area contributed by atoms with Crippen LogP contribution in [0.25, 0.3) is 28.2 Å². The van der Waals surface area contributed by atoms with Gasteiger partial charge in [-0.3, -0.25) is 19.0 Å². The molecule has 1 amide bonds. The summed E-state index contributed by atoms with van der Waals surface area (Å²) >= 11 is 0. The molecule has 3 heterocycles. The molecule has 0 unspecified atom stereocenters. The van der Waals surface area contributed by atoms with Crippen molar-refractivity contribution in [2.45, 2.75) is 0 Å². The summed E-state index contributed by atoms with van der Waals surface area (Å²) in [7, 11) is 2.06. The number of amides is 1. The molecule has 0 saturated carbocycles. The van der Waals surface area contributed by atoms with Gasteiger partial charge in [0.05, 0.1) is 35.4 Å². The zero-order valence-electron chi connectivity index (χ0n) is 18.7. The smallest absolute Gasteiger partial charge is 0.253 e. The van der Waals surface area contributed by atoms with Gasteiger partial charge in [-0.15, -0.1) is 0 Å². The van der Waals surface area contributed by atoms with E-state index in [0.717, 1.165) is 48.7 Å². The Bertz CT molecular complexity index is 1430. The van der Waals surface area contributed by atoms with Crippen LogP contribution in [-0.2, 0) is 0 Å². The minimum Gasteiger partial charge on any atom is -0.336 e. The number of aromatic nitrogens is 3. The Balaban J connectivity index is 1.44. The zero-order valence-corrected chi connectivity index (χ0v) is 18.7. The van der Waals surface area contributed by atoms with E-state index < -0.39 is 0 Å². The number of hydrogen-bond donors (Lipinski definition) is 0. The Kier molecular flexibility index (Phi) is 5.62. The molecule has 8 heteroatoms. The van der Waals surface area contributed by atoms with E-state index in [9.17, 15) is 14.9 Å². The zero-order chi connectivity index (χ0) is 23.7. The van der Waals surface area contributed by atoms with E-state index >= 15 is 0 Å². The summed E-state index contributed by atoms with van der Waals surface area (Å²) in [6.45, 7) is 3.24. The van der Waals surface area contributed by atoms with Crippen molar-refractivity contribution in [3.05, 3.63) is 77.7 Å². The molecule has 0 bridgehead atoms. The molecule has 5 rings (SSSR count). The third kappa shape index (κ3) is 3.93. The molecule has 0 spiro atoms. The molecule has 168 valence electrons. The van der Waals surface area contributed by atoms with Gasteiger partial charge in [-0.05, 0) is 31.3 Å². The van der Waals surface area contributed by atoms with Gasteiger partial charge >= 0.3 is 0 Å². The van der Waals surface area contributed by atoms with Crippen LogP contribution in [-0.4, -0.2) is 69.6 Å². The second-order valence-corrected chi connectivity index (χ2v) is 8.35. The lowest BCUT2D eigenvalue weighted by Crippen LogP contribution is -2.47. The number of nitriles is 1. The summed E-state index contributed by atoms with van der Waals surface area (Å²) in [4.78, 5) is 37.3. The molecule has 2 aromatic heterocycles. The van der Waals surface area contributed by atoms with Crippen molar-refractivity contribution in [3.63, 3.8) is 0 Å². The maximum absolute atomic E-state index is 12.8. The van der Waals surface area contributed by atoms with Crippen molar-refractivity contribution in [2.24, 2.45) is 0 Å². The molecule has 8 nitrogen and oxygen atoms in total. The Hall–Kier alpha value is -4.35. The quantitative estimate of drug-likeness (QED) is 0.444. The van der Waals surface area contributed by atoms with Gasteiger partial charge in [-0.2, -0.15) is 5.26 Å². The van der Waals surface area contributed by atoms with E-state index in [4.69, 9.17) is 0 Å². The van der Waals surface area contributed by atoms with Crippen molar-refractivity contribution in [1.82, 2.24) is 24.2 Å². The molecule has 4 aromatic rings. The van der Waals surface area contributed by atoms with Crippen LogP contribution in [0.3, 0.4) is 0 Å². The van der Waals surface area contributed by atoms with E-state index in [2.05, 4.69) is 21.9 Å². The molecule has 0 atom stereocenters. The number of rotatable bonds is 4. The molecular formula is C26H22N6O2. The number of piperazine rings is 1. The monoisotopic (exact) mass is 450 g/mol. The van der Waals surface area contributed by atoms with Gasteiger partial charge < -0.3 is 9.80 Å². The van der Waals surface area contributed by atoms with Crippen LogP contribution in [0.4, 0.5) is 0 Å². The van der Waals surface area contributed by atoms with Crippen LogP contribution in [0, 0.1) is 11.3 Å². The summed E-state index contributed by atoms with van der Waals surface area (Å²) in [5.41, 5.74) is 5.17. The Morgan fingerprint density at radius 1 is 1.00 bits per heavy atom. The van der Waals surface area contributed by atoms with Crippen LogP contribution in [0.2, 0.25) is 0 Å². The predicted molar refractivity (Wildman–Crippen MR) is 127 cm³/mol. The van der Waals surface area contributed by atoms with Crippen molar-refractivity contribution >= 4 is 17.8 Å². The van der Waals surface area contributed by atoms with Crippen LogP contribution >= 0.6 is 0 Å². The molecule has 0 radical (unpaired) electrons. The molecule has 1 fully saturated rings. The molecule has 34 heavy (non-hydrogen) atoms. The van der Waals surface area contributed by atoms with Gasteiger partial charge in [0.25, 0.3) is 5.91 Å². The van der Waals surface area contributed by atoms with Gasteiger partial charge in [-0.1, -0.05) is 18.2 Å². The van der Waals surface area contributed by atoms with Crippen molar-refractivity contribution in [3.8, 4) is 28.6 Å². The molecule has 1 saturated heterocycles. The molecule has 1 aliphatic heterocycles. The summed E-state index contributed by atoms with van der Waals surface area (Å²) < 4.78 is 1.90. The van der Waals surface area contributed by atoms with E-state index in [1.807, 2.05) is 45.8 Å². The summed E-state index contributed by atoms with van der Waals surface area (Å²) in [6.07, 6.45) is 5.97. The molecule has 0 aliphatic carbocycles. The second kappa shape index (κ2) is 8.89. The maximum atomic E-state index is 12.8. The number of likely N-dealkylation sites (N-methyl/N-ethyl adjacent to an activating group) is 1. The minimum atomic E-state index is 0.0479. The topological polar surface area (TPSA) is 94.6 Å². The second-order valence-electron chi connectivity index (χ2n) is 8.35. The van der Waals surface area contributed by atoms with Crippen LogP contribution < -0.4 is 0 Å². The number of benzene rings is 2. The standard InChI is InChI=1S/C26H22N6O2/c1-30-8-10-31(11-9-30)26(34)19-4-2-18(3-5-19)23-16-32-24(14-29-25(32)15-28-23)20-6-7-21(13-27)22(12-20)17-33/h2-7,12,14-17H,8-11H2,1H3. The van der Waals surface area contributed by atoms with Gasteiger partial charge in [0, 0.05) is 54.6 Å². The third-order valence-electron chi connectivity index (χ3n) is 6.21. The normalized spacial score (nSPS) is 14.2. The number of nitrogens with zero attached hydrogens (tertiary/aromatic N) is 6. The highest BCUT2D eigenvalue weighted by Crippen LogP contribution is 2.25. The van der Waals surface area contributed by atoms with Crippen molar-refractivity contribution in [2.75, 3.05) is 33.2 Å². The maximum Gasteiger partial charge on any atom is 0.253 e. The van der Waals surface area contributed by atoms with Crippen LogP contribution in [0.15, 0.2) is 61.1 Å². The largest absolute Gasteiger partial charge is 0.336 e. The molecule has 2 aromatic carbocycles. The lowest BCUT2D eigenvalue weighted by atomic mass is 10.0. The predicted octanol–water partition coefficient (Wildman–Crippen LogP) is 3.14. The number of carbonyl (C=O) groups is 2. The summed E-state index contributed by atoms with van der Waals surface area (Å²) in [6, 6.07) is 14.6. The number of imidazole rings is 1. The number of aldehydes is 1. The van der Waals surface area contributed by atoms with Crippen molar-refractivity contribution in [1.29, 1.82) is 5.26 Å². The first-order chi connectivity index (χ1) is 16.6. The van der Waals surface area contributed by atoms with Crippen LogP contribution in [0.5, 0.6) is 0 Å². The van der Waals surface area contributed by atoms with Crippen molar-refractivity contribution < 1.29 is 9.59 Å². The molecular weight excluding hydrogens is 428 g/mol. The summed E-state index contributed by atoms with van der Waals surface area (Å²) in [5.74, 6) is 0.0479. The lowest BCUT2D eigenvalue weighted by molar-refractivity contribution is 0.0664. The average molecular weight is 451 g/mol. The summed E-state index contributed by atoms with van der Waals surface area (Å²) in [5, 5.41) is 9.18. The number of fused-ring (bicyclic) bond motifs is 1. The highest BCUT2D eigenvalue weighted by molar-refractivity contribution is 5.94. The first kappa shape index (κ1) is 21.5. The first-order valence-corrected chi connectivity index (χ1v) is 11.0. The number of carbonyl (C=O) groups excluding carboxylic acids is 2. The van der Waals surface area contributed by atoms with E-state index in [0.29, 0.717) is 28.6 Å². The average Bonchev–Trinajstić information content (AvgIpc) is 3.31. The highest BCUT2D eigenvalue weighted by Gasteiger charge is 2.20. The first-order valence-electron chi connectivity index (χ1n) is 11.0. The minimum absolute atomic E-state index is 0.0479. The fraction of sp³-hybridized carbons (Fsp3) is 0.192. The molecule has 0 N–H and O–H groups in total.